The van der Waals surface area contributed by atoms with Gasteiger partial charge in [-0.05, 0) is 27.7 Å². The number of hydrogen-bond donors (Lipinski definition) is 1. The number of methoxy groups -OCH3 is 2. The van der Waals surface area contributed by atoms with Crippen LogP contribution in [0.5, 0.6) is 0 Å². The summed E-state index contributed by atoms with van der Waals surface area (Å²) in [5, 5.41) is 10.9. The van der Waals surface area contributed by atoms with Crippen LogP contribution < -0.4 is 0 Å². The smallest absolute Gasteiger partial charge is 0.221 e. The second kappa shape index (κ2) is 5.44. The molecule has 0 aromatic carbocycles. The average Bonchev–Trinajstić information content (AvgIpc) is 2.51. The molecule has 0 spiro atoms. The normalized spacial score (nSPS) is 51.0. The molecule has 0 amide bonds. The number of Topliss-reactive ketones (excluding diaryl/α,β-unsaturated/α-hetero) is 1. The van der Waals surface area contributed by atoms with Crippen LogP contribution in [0.1, 0.15) is 34.1 Å². The number of carbonyl (C=O) groups excluding carboxylic acids is 1. The van der Waals surface area contributed by atoms with E-state index in [1.165, 1.54) is 14.2 Å². The fraction of sp³-hybridized carbons (Fsp3) is 0.938. The topological polar surface area (TPSA) is 92.7 Å². The standard InChI is InChI=1S/C16H26O8/c1-13(2)21-8-16(18)7-9(17)10-11(12(16)24-13)23-15(4,20-6)14(3,19-5)22-10/h10-12,18H,7-8H2,1-6H3/t10-,11+,12-,14+,15+,16+/m0/s1. The summed E-state index contributed by atoms with van der Waals surface area (Å²) in [5.41, 5.74) is -1.47. The van der Waals surface area contributed by atoms with E-state index in [9.17, 15) is 9.90 Å². The molecule has 2 saturated heterocycles. The third-order valence-corrected chi connectivity index (χ3v) is 5.32. The highest BCUT2D eigenvalue weighted by atomic mass is 16.8. The Bertz CT molecular complexity index is 536. The Labute approximate surface area is 141 Å². The van der Waals surface area contributed by atoms with Gasteiger partial charge in [0.2, 0.25) is 11.6 Å². The van der Waals surface area contributed by atoms with Gasteiger partial charge >= 0.3 is 0 Å². The molecule has 6 atom stereocenters. The first-order valence-electron chi connectivity index (χ1n) is 8.02. The summed E-state index contributed by atoms with van der Waals surface area (Å²) in [4.78, 5) is 12.6. The Hall–Kier alpha value is -0.610. The van der Waals surface area contributed by atoms with E-state index in [1.807, 2.05) is 0 Å². The molecular weight excluding hydrogens is 320 g/mol. The summed E-state index contributed by atoms with van der Waals surface area (Å²) in [6.45, 7) is 6.78. The number of ether oxygens (including phenoxy) is 6. The molecule has 1 aliphatic carbocycles. The van der Waals surface area contributed by atoms with Gasteiger partial charge in [0.25, 0.3) is 0 Å². The van der Waals surface area contributed by atoms with Gasteiger partial charge in [-0.25, -0.2) is 0 Å². The molecule has 3 aliphatic rings. The Morgan fingerprint density at radius 1 is 1.04 bits per heavy atom. The predicted molar refractivity (Wildman–Crippen MR) is 80.1 cm³/mol. The van der Waals surface area contributed by atoms with Crippen molar-refractivity contribution in [2.75, 3.05) is 20.8 Å². The number of rotatable bonds is 2. The van der Waals surface area contributed by atoms with Crippen LogP contribution in [0.3, 0.4) is 0 Å². The molecule has 8 heteroatoms. The SMILES string of the molecule is CO[C@]1(C)O[C@@H]2[C@@H](O[C@@]1(C)OC)C(=O)C[C@@]1(O)COC(C)(C)O[C@@H]21. The molecule has 0 radical (unpaired) electrons. The molecule has 0 aromatic heterocycles. The van der Waals surface area contributed by atoms with Crippen molar-refractivity contribution in [1.29, 1.82) is 0 Å². The van der Waals surface area contributed by atoms with E-state index < -0.39 is 41.3 Å². The Morgan fingerprint density at radius 2 is 1.62 bits per heavy atom. The Morgan fingerprint density at radius 3 is 2.21 bits per heavy atom. The van der Waals surface area contributed by atoms with Gasteiger partial charge in [0.1, 0.15) is 23.9 Å². The Kier molecular flexibility index (Phi) is 4.12. The maximum Gasteiger partial charge on any atom is 0.221 e. The number of fused-ring (bicyclic) bond motifs is 3. The molecule has 1 N–H and O–H groups in total. The molecule has 138 valence electrons. The van der Waals surface area contributed by atoms with E-state index in [0.717, 1.165) is 0 Å². The molecule has 0 bridgehead atoms. The first-order chi connectivity index (χ1) is 11.0. The van der Waals surface area contributed by atoms with Crippen LogP contribution in [0.25, 0.3) is 0 Å². The molecule has 24 heavy (non-hydrogen) atoms. The molecule has 8 nitrogen and oxygen atoms in total. The summed E-state index contributed by atoms with van der Waals surface area (Å²) in [5.74, 6) is -3.76. The zero-order valence-electron chi connectivity index (χ0n) is 15.0. The van der Waals surface area contributed by atoms with Gasteiger partial charge in [-0.2, -0.15) is 0 Å². The van der Waals surface area contributed by atoms with Crippen molar-refractivity contribution in [1.82, 2.24) is 0 Å². The second-order valence-corrected chi connectivity index (χ2v) is 7.39. The third-order valence-electron chi connectivity index (χ3n) is 5.32. The zero-order valence-corrected chi connectivity index (χ0v) is 15.0. The number of ketones is 1. The lowest BCUT2D eigenvalue weighted by molar-refractivity contribution is -0.467. The van der Waals surface area contributed by atoms with E-state index in [-0.39, 0.29) is 18.8 Å². The number of aliphatic hydroxyl groups is 1. The second-order valence-electron chi connectivity index (χ2n) is 7.39. The highest BCUT2D eigenvalue weighted by molar-refractivity contribution is 5.86. The van der Waals surface area contributed by atoms with E-state index in [4.69, 9.17) is 28.4 Å². The van der Waals surface area contributed by atoms with E-state index in [2.05, 4.69) is 0 Å². The first kappa shape index (κ1) is 18.2. The van der Waals surface area contributed by atoms with Crippen LogP contribution in [0.4, 0.5) is 0 Å². The number of carbonyl (C=O) groups is 1. The van der Waals surface area contributed by atoms with Gasteiger partial charge in [0, 0.05) is 20.6 Å². The van der Waals surface area contributed by atoms with E-state index >= 15 is 0 Å². The summed E-state index contributed by atoms with van der Waals surface area (Å²) < 4.78 is 34.4. The quantitative estimate of drug-likeness (QED) is 0.766. The fourth-order valence-electron chi connectivity index (χ4n) is 3.54. The zero-order chi connectivity index (χ0) is 18.0. The highest BCUT2D eigenvalue weighted by Gasteiger charge is 2.66. The van der Waals surface area contributed by atoms with E-state index in [1.54, 1.807) is 27.7 Å². The maximum atomic E-state index is 12.6. The van der Waals surface area contributed by atoms with Crippen molar-refractivity contribution < 1.29 is 38.3 Å². The molecule has 2 aliphatic heterocycles. The lowest BCUT2D eigenvalue weighted by Crippen LogP contribution is -2.76. The van der Waals surface area contributed by atoms with Gasteiger partial charge in [0.15, 0.2) is 11.6 Å². The summed E-state index contributed by atoms with van der Waals surface area (Å²) >= 11 is 0. The van der Waals surface area contributed by atoms with Gasteiger partial charge < -0.3 is 33.5 Å². The van der Waals surface area contributed by atoms with Gasteiger partial charge in [-0.15, -0.1) is 0 Å². The van der Waals surface area contributed by atoms with Crippen LogP contribution in [0, 0.1) is 0 Å². The van der Waals surface area contributed by atoms with Crippen LogP contribution in [0.2, 0.25) is 0 Å². The van der Waals surface area contributed by atoms with Crippen LogP contribution in [0.15, 0.2) is 0 Å². The minimum Gasteiger partial charge on any atom is -0.384 e. The van der Waals surface area contributed by atoms with Crippen molar-refractivity contribution in [2.45, 2.75) is 75.4 Å². The van der Waals surface area contributed by atoms with Crippen molar-refractivity contribution in [3.05, 3.63) is 0 Å². The highest BCUT2D eigenvalue weighted by Crippen LogP contribution is 2.47. The summed E-state index contributed by atoms with van der Waals surface area (Å²) in [6, 6.07) is 0. The van der Waals surface area contributed by atoms with E-state index in [0.29, 0.717) is 0 Å². The van der Waals surface area contributed by atoms with Gasteiger partial charge in [-0.1, -0.05) is 0 Å². The predicted octanol–water partition coefficient (Wildman–Crippen LogP) is 0.351. The average molecular weight is 346 g/mol. The first-order valence-corrected chi connectivity index (χ1v) is 8.02. The third kappa shape index (κ3) is 2.52. The minimum absolute atomic E-state index is 0.0196. The van der Waals surface area contributed by atoms with Crippen LogP contribution in [-0.2, 0) is 33.2 Å². The molecule has 1 saturated carbocycles. The van der Waals surface area contributed by atoms with Crippen molar-refractivity contribution >= 4 is 5.78 Å². The van der Waals surface area contributed by atoms with Crippen molar-refractivity contribution in [3.63, 3.8) is 0 Å². The molecule has 3 fully saturated rings. The maximum absolute atomic E-state index is 12.6. The van der Waals surface area contributed by atoms with Crippen molar-refractivity contribution in [2.24, 2.45) is 0 Å². The molecular formula is C16H26O8. The molecule has 3 rings (SSSR count). The van der Waals surface area contributed by atoms with Crippen molar-refractivity contribution in [3.8, 4) is 0 Å². The summed E-state index contributed by atoms with van der Waals surface area (Å²) in [7, 11) is 2.92. The lowest BCUT2D eigenvalue weighted by Gasteiger charge is -2.58. The summed E-state index contributed by atoms with van der Waals surface area (Å²) in [6.07, 6.45) is -2.69. The van der Waals surface area contributed by atoms with Gasteiger partial charge in [0.05, 0.1) is 6.61 Å². The minimum atomic E-state index is -1.47. The molecule has 2 heterocycles. The largest absolute Gasteiger partial charge is 0.384 e. The lowest BCUT2D eigenvalue weighted by atomic mass is 9.76. The molecule has 0 unspecified atom stereocenters. The number of hydrogen-bond acceptors (Lipinski definition) is 8. The molecule has 0 aromatic rings. The monoisotopic (exact) mass is 346 g/mol. The van der Waals surface area contributed by atoms with Crippen LogP contribution >= 0.6 is 0 Å². The fourth-order valence-corrected chi connectivity index (χ4v) is 3.54. The van der Waals surface area contributed by atoms with Crippen LogP contribution in [-0.4, -0.2) is 73.0 Å². The Balaban J connectivity index is 1.99. The van der Waals surface area contributed by atoms with Gasteiger partial charge in [-0.3, -0.25) is 4.79 Å².